The highest BCUT2D eigenvalue weighted by Crippen LogP contribution is 2.33. The first-order valence-corrected chi connectivity index (χ1v) is 11.2. The molecule has 0 unspecified atom stereocenters. The predicted octanol–water partition coefficient (Wildman–Crippen LogP) is 6.96. The van der Waals surface area contributed by atoms with Crippen molar-refractivity contribution in [2.24, 2.45) is 0 Å². The molecule has 30 heavy (non-hydrogen) atoms. The zero-order valence-corrected chi connectivity index (χ0v) is 18.5. The summed E-state index contributed by atoms with van der Waals surface area (Å²) in [4.78, 5) is 13.6. The van der Waals surface area contributed by atoms with E-state index >= 15 is 0 Å². The van der Waals surface area contributed by atoms with Crippen LogP contribution >= 0.6 is 23.4 Å². The number of carbonyl (C=O) groups excluding carboxylic acids is 1. The van der Waals surface area contributed by atoms with Gasteiger partial charge >= 0.3 is 5.97 Å². The molecule has 0 bridgehead atoms. The number of hydrogen-bond donors (Lipinski definition) is 0. The lowest BCUT2D eigenvalue weighted by Crippen LogP contribution is -2.04. The fraction of sp³-hybridized carbons (Fsp3) is 0.240. The van der Waals surface area contributed by atoms with Crippen LogP contribution in [-0.2, 0) is 22.6 Å². The van der Waals surface area contributed by atoms with Crippen LogP contribution < -0.4 is 4.74 Å². The maximum absolute atomic E-state index is 11.5. The Morgan fingerprint density at radius 1 is 0.967 bits per heavy atom. The Balaban J connectivity index is 1.55. The van der Waals surface area contributed by atoms with Gasteiger partial charge in [-0.1, -0.05) is 65.8 Å². The molecule has 0 amide bonds. The Bertz CT molecular complexity index is 960. The standard InChI is InChI=1S/C25H25ClO3S/c1-2-28-25(27)13-6-10-20-14-15-23(17-24(20)26)30-22-12-7-11-21(16-22)29-18-19-8-4-3-5-9-19/h3-5,7-9,11-12,14-17H,2,6,10,13,18H2,1H3. The Kier molecular flexibility index (Phi) is 8.66. The zero-order chi connectivity index (χ0) is 21.2. The lowest BCUT2D eigenvalue weighted by atomic mass is 10.1. The predicted molar refractivity (Wildman–Crippen MR) is 122 cm³/mol. The van der Waals surface area contributed by atoms with Crippen molar-refractivity contribution in [3.8, 4) is 5.75 Å². The number of benzene rings is 3. The number of rotatable bonds is 10. The second-order valence-corrected chi connectivity index (χ2v) is 8.32. The summed E-state index contributed by atoms with van der Waals surface area (Å²) in [6.07, 6.45) is 1.90. The smallest absolute Gasteiger partial charge is 0.305 e. The van der Waals surface area contributed by atoms with Gasteiger partial charge in [-0.05, 0) is 61.2 Å². The molecule has 0 fully saturated rings. The van der Waals surface area contributed by atoms with Crippen molar-refractivity contribution in [2.75, 3.05) is 6.61 Å². The SMILES string of the molecule is CCOC(=O)CCCc1ccc(Sc2cccc(OCc3ccccc3)c2)cc1Cl. The van der Waals surface area contributed by atoms with Gasteiger partial charge in [-0.15, -0.1) is 0 Å². The van der Waals surface area contributed by atoms with E-state index in [1.165, 1.54) is 0 Å². The van der Waals surface area contributed by atoms with Crippen LogP contribution in [0.25, 0.3) is 0 Å². The number of halogens is 1. The molecule has 0 atom stereocenters. The fourth-order valence-electron chi connectivity index (χ4n) is 2.96. The van der Waals surface area contributed by atoms with Crippen LogP contribution in [0.1, 0.15) is 30.9 Å². The average molecular weight is 441 g/mol. The molecule has 3 nitrogen and oxygen atoms in total. The topological polar surface area (TPSA) is 35.5 Å². The van der Waals surface area contributed by atoms with Gasteiger partial charge in [0.05, 0.1) is 6.61 Å². The third-order valence-corrected chi connectivity index (χ3v) is 5.78. The zero-order valence-electron chi connectivity index (χ0n) is 17.0. The molecule has 3 rings (SSSR count). The number of aryl methyl sites for hydroxylation is 1. The minimum absolute atomic E-state index is 0.157. The Morgan fingerprint density at radius 2 is 1.77 bits per heavy atom. The van der Waals surface area contributed by atoms with Crippen LogP contribution in [-0.4, -0.2) is 12.6 Å². The Labute approximate surface area is 187 Å². The first-order chi connectivity index (χ1) is 14.6. The molecule has 0 saturated carbocycles. The monoisotopic (exact) mass is 440 g/mol. The summed E-state index contributed by atoms with van der Waals surface area (Å²) in [5, 5.41) is 0.723. The van der Waals surface area contributed by atoms with Crippen LogP contribution in [0.5, 0.6) is 5.75 Å². The maximum atomic E-state index is 11.5. The van der Waals surface area contributed by atoms with E-state index in [2.05, 4.69) is 24.3 Å². The molecule has 5 heteroatoms. The molecule has 0 aliphatic heterocycles. The number of esters is 1. The second-order valence-electron chi connectivity index (χ2n) is 6.76. The number of ether oxygens (including phenoxy) is 2. The van der Waals surface area contributed by atoms with Crippen molar-refractivity contribution in [2.45, 2.75) is 42.6 Å². The van der Waals surface area contributed by atoms with Crippen molar-refractivity contribution in [3.05, 3.63) is 88.9 Å². The van der Waals surface area contributed by atoms with Crippen molar-refractivity contribution >= 4 is 29.3 Å². The summed E-state index contributed by atoms with van der Waals surface area (Å²) in [5.41, 5.74) is 2.19. The van der Waals surface area contributed by atoms with Gasteiger partial charge in [-0.3, -0.25) is 4.79 Å². The van der Waals surface area contributed by atoms with Crippen LogP contribution in [0.4, 0.5) is 0 Å². The molecule has 0 aliphatic carbocycles. The van der Waals surface area contributed by atoms with Gasteiger partial charge in [-0.25, -0.2) is 0 Å². The van der Waals surface area contributed by atoms with E-state index in [-0.39, 0.29) is 5.97 Å². The van der Waals surface area contributed by atoms with E-state index in [0.717, 1.165) is 44.5 Å². The average Bonchev–Trinajstić information content (AvgIpc) is 2.75. The van der Waals surface area contributed by atoms with Crippen molar-refractivity contribution < 1.29 is 14.3 Å². The molecule has 3 aromatic rings. The molecule has 3 aromatic carbocycles. The van der Waals surface area contributed by atoms with E-state index in [1.54, 1.807) is 11.8 Å². The molecule has 0 aliphatic rings. The first kappa shape index (κ1) is 22.3. The Hall–Kier alpha value is -2.43. The molecule has 0 spiro atoms. The number of hydrogen-bond acceptors (Lipinski definition) is 4. The van der Waals surface area contributed by atoms with Gasteiger partial charge in [0, 0.05) is 21.2 Å². The summed E-state index contributed by atoms with van der Waals surface area (Å²) in [7, 11) is 0. The molecule has 0 aromatic heterocycles. The molecule has 0 radical (unpaired) electrons. The van der Waals surface area contributed by atoms with Crippen molar-refractivity contribution in [1.82, 2.24) is 0 Å². The van der Waals surface area contributed by atoms with Crippen LogP contribution in [0.3, 0.4) is 0 Å². The minimum atomic E-state index is -0.157. The first-order valence-electron chi connectivity index (χ1n) is 10.0. The molecule has 156 valence electrons. The third-order valence-electron chi connectivity index (χ3n) is 4.45. The minimum Gasteiger partial charge on any atom is -0.489 e. The molecular formula is C25H25ClO3S. The normalized spacial score (nSPS) is 10.6. The van der Waals surface area contributed by atoms with Crippen LogP contribution in [0.15, 0.2) is 82.6 Å². The molecular weight excluding hydrogens is 416 g/mol. The molecule has 0 N–H and O–H groups in total. The van der Waals surface area contributed by atoms with Crippen molar-refractivity contribution in [3.63, 3.8) is 0 Å². The van der Waals surface area contributed by atoms with Gasteiger partial charge in [0.25, 0.3) is 0 Å². The lowest BCUT2D eigenvalue weighted by Gasteiger charge is -2.10. The van der Waals surface area contributed by atoms with Gasteiger partial charge in [-0.2, -0.15) is 0 Å². The largest absolute Gasteiger partial charge is 0.489 e. The number of carbonyl (C=O) groups is 1. The van der Waals surface area contributed by atoms with E-state index in [4.69, 9.17) is 21.1 Å². The molecule has 0 heterocycles. The van der Waals surface area contributed by atoms with Gasteiger partial charge in [0.15, 0.2) is 0 Å². The highest BCUT2D eigenvalue weighted by molar-refractivity contribution is 7.99. The summed E-state index contributed by atoms with van der Waals surface area (Å²) in [5.74, 6) is 0.681. The van der Waals surface area contributed by atoms with Gasteiger partial charge in [0.1, 0.15) is 12.4 Å². The highest BCUT2D eigenvalue weighted by atomic mass is 35.5. The fourth-order valence-corrected chi connectivity index (χ4v) is 4.20. The van der Waals surface area contributed by atoms with E-state index in [0.29, 0.717) is 19.6 Å². The van der Waals surface area contributed by atoms with Gasteiger partial charge in [0.2, 0.25) is 0 Å². The summed E-state index contributed by atoms with van der Waals surface area (Å²) in [6.45, 7) is 2.78. The molecule has 0 saturated heterocycles. The van der Waals surface area contributed by atoms with E-state index < -0.39 is 0 Å². The van der Waals surface area contributed by atoms with Crippen LogP contribution in [0.2, 0.25) is 5.02 Å². The maximum Gasteiger partial charge on any atom is 0.305 e. The summed E-state index contributed by atoms with van der Waals surface area (Å²) in [6, 6.07) is 24.2. The third kappa shape index (κ3) is 7.12. The quantitative estimate of drug-likeness (QED) is 0.319. The van der Waals surface area contributed by atoms with Crippen LogP contribution in [0, 0.1) is 0 Å². The van der Waals surface area contributed by atoms with Gasteiger partial charge < -0.3 is 9.47 Å². The van der Waals surface area contributed by atoms with Crippen molar-refractivity contribution in [1.29, 1.82) is 0 Å². The lowest BCUT2D eigenvalue weighted by molar-refractivity contribution is -0.143. The second kappa shape index (κ2) is 11.7. The summed E-state index contributed by atoms with van der Waals surface area (Å²) >= 11 is 8.11. The van der Waals surface area contributed by atoms with E-state index in [9.17, 15) is 4.79 Å². The highest BCUT2D eigenvalue weighted by Gasteiger charge is 2.07. The Morgan fingerprint density at radius 3 is 2.53 bits per heavy atom. The summed E-state index contributed by atoms with van der Waals surface area (Å²) < 4.78 is 10.9. The van der Waals surface area contributed by atoms with E-state index in [1.807, 2.05) is 55.5 Å².